The van der Waals surface area contributed by atoms with E-state index < -0.39 is 0 Å². The van der Waals surface area contributed by atoms with Gasteiger partial charge in [-0.2, -0.15) is 5.10 Å². The van der Waals surface area contributed by atoms with Gasteiger partial charge in [-0.1, -0.05) is 18.5 Å². The summed E-state index contributed by atoms with van der Waals surface area (Å²) in [6.45, 7) is 7.22. The lowest BCUT2D eigenvalue weighted by molar-refractivity contribution is 0.318. The van der Waals surface area contributed by atoms with E-state index in [1.807, 2.05) is 28.9 Å². The van der Waals surface area contributed by atoms with Gasteiger partial charge in [-0.05, 0) is 37.1 Å². The van der Waals surface area contributed by atoms with Gasteiger partial charge in [0.2, 0.25) is 0 Å². The number of likely N-dealkylation sites (tertiary alicyclic amines) is 1. The van der Waals surface area contributed by atoms with E-state index in [9.17, 15) is 0 Å². The smallest absolute Gasteiger partial charge is 0.0646 e. The maximum Gasteiger partial charge on any atom is 0.0646 e. The number of nitrogens with two attached hydrogens (primary N) is 1. The topological polar surface area (TPSA) is 47.1 Å². The normalized spacial score (nSPS) is 21.8. The van der Waals surface area contributed by atoms with Crippen LogP contribution < -0.4 is 5.73 Å². The van der Waals surface area contributed by atoms with E-state index in [1.165, 1.54) is 5.56 Å². The summed E-state index contributed by atoms with van der Waals surface area (Å²) in [5, 5.41) is 5.35. The lowest BCUT2D eigenvalue weighted by Gasteiger charge is -2.14. The van der Waals surface area contributed by atoms with Crippen LogP contribution in [0.3, 0.4) is 0 Å². The molecule has 0 saturated carbocycles. The van der Waals surface area contributed by atoms with Gasteiger partial charge in [-0.3, -0.25) is 4.90 Å². The highest BCUT2D eigenvalue weighted by Gasteiger charge is 2.27. The maximum atomic E-state index is 6.10. The highest BCUT2D eigenvalue weighted by atomic mass is 35.5. The van der Waals surface area contributed by atoms with Gasteiger partial charge in [-0.15, -0.1) is 12.4 Å². The first kappa shape index (κ1) is 17.3. The Morgan fingerprint density at radius 1 is 1.27 bits per heavy atom. The predicted molar refractivity (Wildman–Crippen MR) is 93.0 cm³/mol. The second-order valence-electron chi connectivity index (χ2n) is 6.00. The highest BCUT2D eigenvalue weighted by molar-refractivity contribution is 6.30. The van der Waals surface area contributed by atoms with Crippen LogP contribution in [0.1, 0.15) is 18.2 Å². The Hall–Kier alpha value is -1.07. The minimum atomic E-state index is 0. The summed E-state index contributed by atoms with van der Waals surface area (Å²) < 4.78 is 1.92. The summed E-state index contributed by atoms with van der Waals surface area (Å²) in [5.41, 5.74) is 9.45. The van der Waals surface area contributed by atoms with E-state index >= 15 is 0 Å². The molecule has 1 fully saturated rings. The van der Waals surface area contributed by atoms with Crippen molar-refractivity contribution < 1.29 is 0 Å². The molecule has 1 aliphatic rings. The molecule has 0 spiro atoms. The van der Waals surface area contributed by atoms with Crippen LogP contribution >= 0.6 is 24.0 Å². The zero-order valence-corrected chi connectivity index (χ0v) is 14.4. The molecule has 0 bridgehead atoms. The molecule has 1 saturated heterocycles. The molecule has 0 aliphatic carbocycles. The molecule has 2 aromatic rings. The van der Waals surface area contributed by atoms with Crippen molar-refractivity contribution in [3.8, 4) is 5.69 Å². The molecule has 6 heteroatoms. The molecule has 0 amide bonds. The zero-order chi connectivity index (χ0) is 15.0. The Labute approximate surface area is 142 Å². The van der Waals surface area contributed by atoms with E-state index in [4.69, 9.17) is 17.3 Å². The second kappa shape index (κ2) is 7.01. The summed E-state index contributed by atoms with van der Waals surface area (Å²) >= 11 is 5.93. The number of aromatic nitrogens is 2. The van der Waals surface area contributed by atoms with Crippen LogP contribution in [0.2, 0.25) is 5.02 Å². The number of hydrogen-bond acceptors (Lipinski definition) is 3. The van der Waals surface area contributed by atoms with Gasteiger partial charge in [0.05, 0.1) is 11.4 Å². The van der Waals surface area contributed by atoms with Crippen LogP contribution in [-0.2, 0) is 6.54 Å². The Kier molecular flexibility index (Phi) is 5.50. The average Bonchev–Trinajstić information content (AvgIpc) is 2.95. The fourth-order valence-electron chi connectivity index (χ4n) is 2.84. The first-order valence-corrected chi connectivity index (χ1v) is 7.70. The molecule has 1 aliphatic heterocycles. The molecular weight excluding hydrogens is 319 g/mol. The number of hydrogen-bond donors (Lipinski definition) is 1. The van der Waals surface area contributed by atoms with Gasteiger partial charge in [-0.25, -0.2) is 4.68 Å². The monoisotopic (exact) mass is 340 g/mol. The average molecular weight is 341 g/mol. The van der Waals surface area contributed by atoms with Gasteiger partial charge in [0.1, 0.15) is 0 Å². The SMILES string of the molecule is Cc1nn(-c2ccc(Cl)cc2)cc1CN1CC(C)C(N)C1.Cl. The van der Waals surface area contributed by atoms with Crippen LogP contribution in [0.25, 0.3) is 5.69 Å². The van der Waals surface area contributed by atoms with Crippen LogP contribution in [0.4, 0.5) is 0 Å². The summed E-state index contributed by atoms with van der Waals surface area (Å²) in [5.74, 6) is 0.566. The number of benzene rings is 1. The summed E-state index contributed by atoms with van der Waals surface area (Å²) in [6.07, 6.45) is 2.10. The number of nitrogens with zero attached hydrogens (tertiary/aromatic N) is 3. The van der Waals surface area contributed by atoms with Crippen LogP contribution in [0.5, 0.6) is 0 Å². The van der Waals surface area contributed by atoms with Crippen molar-refractivity contribution in [1.82, 2.24) is 14.7 Å². The van der Waals surface area contributed by atoms with Gasteiger partial charge in [0.15, 0.2) is 0 Å². The van der Waals surface area contributed by atoms with Gasteiger partial charge in [0, 0.05) is 42.5 Å². The number of rotatable bonds is 3. The summed E-state index contributed by atoms with van der Waals surface area (Å²) in [7, 11) is 0. The third-order valence-electron chi connectivity index (χ3n) is 4.23. The van der Waals surface area contributed by atoms with Crippen LogP contribution in [-0.4, -0.2) is 33.8 Å². The highest BCUT2D eigenvalue weighted by Crippen LogP contribution is 2.20. The van der Waals surface area contributed by atoms with Crippen molar-refractivity contribution in [3.63, 3.8) is 0 Å². The van der Waals surface area contributed by atoms with Crippen molar-refractivity contribution in [2.45, 2.75) is 26.4 Å². The van der Waals surface area contributed by atoms with E-state index in [-0.39, 0.29) is 18.4 Å². The first-order chi connectivity index (χ1) is 10.0. The van der Waals surface area contributed by atoms with Gasteiger partial charge >= 0.3 is 0 Å². The molecular formula is C16H22Cl2N4. The fraction of sp³-hybridized carbons (Fsp3) is 0.438. The van der Waals surface area contributed by atoms with Crippen molar-refractivity contribution in [1.29, 1.82) is 0 Å². The lowest BCUT2D eigenvalue weighted by Crippen LogP contribution is -2.28. The molecule has 0 radical (unpaired) electrons. The fourth-order valence-corrected chi connectivity index (χ4v) is 2.97. The second-order valence-corrected chi connectivity index (χ2v) is 6.43. The molecule has 120 valence electrons. The Morgan fingerprint density at radius 2 is 1.95 bits per heavy atom. The Bertz CT molecular complexity index is 614. The van der Waals surface area contributed by atoms with E-state index in [2.05, 4.69) is 30.0 Å². The largest absolute Gasteiger partial charge is 0.326 e. The van der Waals surface area contributed by atoms with E-state index in [0.717, 1.165) is 36.0 Å². The minimum absolute atomic E-state index is 0. The van der Waals surface area contributed by atoms with Crippen molar-refractivity contribution in [3.05, 3.63) is 46.7 Å². The van der Waals surface area contributed by atoms with E-state index in [1.54, 1.807) is 0 Å². The third-order valence-corrected chi connectivity index (χ3v) is 4.48. The molecule has 1 aromatic carbocycles. The van der Waals surface area contributed by atoms with Crippen LogP contribution in [0, 0.1) is 12.8 Å². The lowest BCUT2D eigenvalue weighted by atomic mass is 10.1. The molecule has 3 rings (SSSR count). The van der Waals surface area contributed by atoms with Crippen molar-refractivity contribution >= 4 is 24.0 Å². The maximum absolute atomic E-state index is 6.10. The quantitative estimate of drug-likeness (QED) is 0.933. The molecule has 1 aromatic heterocycles. The number of aryl methyl sites for hydroxylation is 1. The molecule has 2 N–H and O–H groups in total. The van der Waals surface area contributed by atoms with Crippen LogP contribution in [0.15, 0.2) is 30.5 Å². The Balaban J connectivity index is 0.00000176. The van der Waals surface area contributed by atoms with Gasteiger partial charge in [0.25, 0.3) is 0 Å². The third kappa shape index (κ3) is 3.63. The summed E-state index contributed by atoms with van der Waals surface area (Å²) in [4.78, 5) is 2.41. The minimum Gasteiger partial charge on any atom is -0.326 e. The number of halogens is 2. The van der Waals surface area contributed by atoms with E-state index in [0.29, 0.717) is 5.92 Å². The predicted octanol–water partition coefficient (Wildman–Crippen LogP) is 3.03. The summed E-state index contributed by atoms with van der Waals surface area (Å²) in [6, 6.07) is 8.01. The molecule has 2 atom stereocenters. The van der Waals surface area contributed by atoms with Crippen molar-refractivity contribution in [2.75, 3.05) is 13.1 Å². The molecule has 2 heterocycles. The molecule has 22 heavy (non-hydrogen) atoms. The molecule has 4 nitrogen and oxygen atoms in total. The standard InChI is InChI=1S/C16H21ClN4.ClH/c1-11-7-20(10-16(11)18)8-13-9-21(19-12(13)2)15-5-3-14(17)4-6-15;/h3-6,9,11,16H,7-8,10,18H2,1-2H3;1H. The van der Waals surface area contributed by atoms with Gasteiger partial charge < -0.3 is 5.73 Å². The zero-order valence-electron chi connectivity index (χ0n) is 12.9. The first-order valence-electron chi connectivity index (χ1n) is 7.32. The Morgan fingerprint density at radius 3 is 2.55 bits per heavy atom. The van der Waals surface area contributed by atoms with Crippen molar-refractivity contribution in [2.24, 2.45) is 11.7 Å². The molecule has 2 unspecified atom stereocenters.